The predicted molar refractivity (Wildman–Crippen MR) is 76.2 cm³/mol. The van der Waals surface area contributed by atoms with Crippen molar-refractivity contribution in [1.82, 2.24) is 0 Å². The first-order chi connectivity index (χ1) is 9.94. The van der Waals surface area contributed by atoms with Crippen molar-refractivity contribution in [2.24, 2.45) is 10.9 Å². The van der Waals surface area contributed by atoms with Gasteiger partial charge in [-0.2, -0.15) is 0 Å². The Labute approximate surface area is 120 Å². The quantitative estimate of drug-likeness (QED) is 0.346. The van der Waals surface area contributed by atoms with E-state index in [1.807, 2.05) is 0 Å². The average molecular weight is 309 g/mol. The summed E-state index contributed by atoms with van der Waals surface area (Å²) in [7, 11) is -4.06. The minimum Gasteiger partial charge on any atom is -0.409 e. The van der Waals surface area contributed by atoms with Gasteiger partial charge in [0.2, 0.25) is 0 Å². The SMILES string of the molecule is N/C(=N/O)c1cccc(NS(=O)(=O)c2ccccc2F)c1. The number of oxime groups is 1. The number of hydrogen-bond acceptors (Lipinski definition) is 4. The number of nitrogens with one attached hydrogen (secondary N) is 1. The van der Waals surface area contributed by atoms with Crippen LogP contribution >= 0.6 is 0 Å². The standard InChI is InChI=1S/C13H12FN3O3S/c14-11-6-1-2-7-12(11)21(19,20)17-10-5-3-4-9(8-10)13(15)16-18/h1-8,17-18H,(H2,15,16). The van der Waals surface area contributed by atoms with E-state index in [0.29, 0.717) is 5.56 Å². The van der Waals surface area contributed by atoms with Gasteiger partial charge in [0.05, 0.1) is 0 Å². The van der Waals surface area contributed by atoms with E-state index in [2.05, 4.69) is 9.88 Å². The van der Waals surface area contributed by atoms with Gasteiger partial charge >= 0.3 is 0 Å². The molecule has 0 atom stereocenters. The lowest BCUT2D eigenvalue weighted by Crippen LogP contribution is -2.16. The first-order valence-corrected chi connectivity index (χ1v) is 7.27. The number of anilines is 1. The summed E-state index contributed by atoms with van der Waals surface area (Å²) in [5.74, 6) is -1.01. The molecule has 0 aromatic heterocycles. The maximum Gasteiger partial charge on any atom is 0.264 e. The van der Waals surface area contributed by atoms with E-state index in [0.717, 1.165) is 12.1 Å². The third-order valence-corrected chi connectivity index (χ3v) is 4.06. The molecule has 2 aromatic rings. The van der Waals surface area contributed by atoms with Crippen LogP contribution in [0.4, 0.5) is 10.1 Å². The van der Waals surface area contributed by atoms with E-state index in [1.165, 1.54) is 36.4 Å². The molecule has 0 radical (unpaired) electrons. The van der Waals surface area contributed by atoms with Gasteiger partial charge in [-0.25, -0.2) is 12.8 Å². The number of rotatable bonds is 4. The fourth-order valence-corrected chi connectivity index (χ4v) is 2.80. The fourth-order valence-electron chi connectivity index (χ4n) is 1.67. The Balaban J connectivity index is 2.36. The van der Waals surface area contributed by atoms with Gasteiger partial charge in [0.15, 0.2) is 5.84 Å². The summed E-state index contributed by atoms with van der Waals surface area (Å²) in [6.45, 7) is 0. The fraction of sp³-hybridized carbons (Fsp3) is 0. The number of sulfonamides is 1. The summed E-state index contributed by atoms with van der Waals surface area (Å²) in [5.41, 5.74) is 5.92. The molecule has 8 heteroatoms. The second-order valence-electron chi connectivity index (χ2n) is 4.10. The molecule has 0 aliphatic heterocycles. The first kappa shape index (κ1) is 14.8. The van der Waals surface area contributed by atoms with E-state index in [9.17, 15) is 12.8 Å². The van der Waals surface area contributed by atoms with Gasteiger partial charge in [-0.1, -0.05) is 29.4 Å². The summed E-state index contributed by atoms with van der Waals surface area (Å²) in [6, 6.07) is 10.9. The molecule has 0 fully saturated rings. The normalized spacial score (nSPS) is 12.1. The Bertz CT molecular complexity index is 791. The smallest absolute Gasteiger partial charge is 0.264 e. The van der Waals surface area contributed by atoms with E-state index < -0.39 is 20.7 Å². The zero-order valence-corrected chi connectivity index (χ0v) is 11.5. The Morgan fingerprint density at radius 1 is 1.19 bits per heavy atom. The maximum atomic E-state index is 13.6. The summed E-state index contributed by atoms with van der Waals surface area (Å²) < 4.78 is 40.0. The lowest BCUT2D eigenvalue weighted by Gasteiger charge is -2.09. The largest absolute Gasteiger partial charge is 0.409 e. The number of amidine groups is 1. The molecular weight excluding hydrogens is 297 g/mol. The molecule has 2 aromatic carbocycles. The molecule has 0 bridgehead atoms. The highest BCUT2D eigenvalue weighted by Crippen LogP contribution is 2.19. The van der Waals surface area contributed by atoms with Crippen LogP contribution in [-0.4, -0.2) is 19.5 Å². The van der Waals surface area contributed by atoms with Crippen LogP contribution in [0.15, 0.2) is 58.6 Å². The van der Waals surface area contributed by atoms with E-state index in [4.69, 9.17) is 10.9 Å². The molecule has 4 N–H and O–H groups in total. The Kier molecular flexibility index (Phi) is 4.08. The zero-order valence-electron chi connectivity index (χ0n) is 10.7. The molecule has 0 amide bonds. The van der Waals surface area contributed by atoms with Crippen LogP contribution in [0.2, 0.25) is 0 Å². The summed E-state index contributed by atoms with van der Waals surface area (Å²) in [4.78, 5) is -0.459. The highest BCUT2D eigenvalue weighted by atomic mass is 32.2. The van der Waals surface area contributed by atoms with Gasteiger partial charge in [-0.3, -0.25) is 4.72 Å². The van der Waals surface area contributed by atoms with Crippen LogP contribution in [0, 0.1) is 5.82 Å². The van der Waals surface area contributed by atoms with Crippen LogP contribution in [0.3, 0.4) is 0 Å². The molecule has 21 heavy (non-hydrogen) atoms. The summed E-state index contributed by atoms with van der Waals surface area (Å²) in [6.07, 6.45) is 0. The molecular formula is C13H12FN3O3S. The number of hydrogen-bond donors (Lipinski definition) is 3. The molecule has 6 nitrogen and oxygen atoms in total. The monoisotopic (exact) mass is 309 g/mol. The number of nitrogens with zero attached hydrogens (tertiary/aromatic N) is 1. The predicted octanol–water partition coefficient (Wildman–Crippen LogP) is 1.72. The van der Waals surface area contributed by atoms with Crippen molar-refractivity contribution in [3.8, 4) is 0 Å². The van der Waals surface area contributed by atoms with Crippen molar-refractivity contribution in [3.05, 3.63) is 59.9 Å². The van der Waals surface area contributed by atoms with Gasteiger partial charge in [0.25, 0.3) is 10.0 Å². The van der Waals surface area contributed by atoms with Crippen LogP contribution in [-0.2, 0) is 10.0 Å². The third-order valence-electron chi connectivity index (χ3n) is 2.64. The van der Waals surface area contributed by atoms with E-state index >= 15 is 0 Å². The second-order valence-corrected chi connectivity index (χ2v) is 5.75. The van der Waals surface area contributed by atoms with Gasteiger partial charge in [0, 0.05) is 11.3 Å². The molecule has 0 saturated heterocycles. The van der Waals surface area contributed by atoms with Crippen LogP contribution in [0.25, 0.3) is 0 Å². The lowest BCUT2D eigenvalue weighted by atomic mass is 10.2. The summed E-state index contributed by atoms with van der Waals surface area (Å²) >= 11 is 0. The molecule has 0 saturated carbocycles. The number of nitrogens with two attached hydrogens (primary N) is 1. The Morgan fingerprint density at radius 3 is 2.57 bits per heavy atom. The molecule has 0 spiro atoms. The molecule has 0 heterocycles. The number of halogens is 1. The molecule has 110 valence electrons. The van der Waals surface area contributed by atoms with E-state index in [1.54, 1.807) is 0 Å². The lowest BCUT2D eigenvalue weighted by molar-refractivity contribution is 0.318. The maximum absolute atomic E-state index is 13.6. The number of benzene rings is 2. The zero-order chi connectivity index (χ0) is 15.5. The third kappa shape index (κ3) is 3.29. The minimum atomic E-state index is -4.06. The molecule has 0 unspecified atom stereocenters. The minimum absolute atomic E-state index is 0.165. The van der Waals surface area contributed by atoms with Gasteiger partial charge < -0.3 is 10.9 Å². The van der Waals surface area contributed by atoms with Gasteiger partial charge in [0.1, 0.15) is 10.7 Å². The van der Waals surface area contributed by atoms with Crippen LogP contribution in [0.1, 0.15) is 5.56 Å². The van der Waals surface area contributed by atoms with Crippen LogP contribution in [0.5, 0.6) is 0 Å². The Hall–Kier alpha value is -2.61. The van der Waals surface area contributed by atoms with Crippen molar-refractivity contribution in [3.63, 3.8) is 0 Å². The highest BCUT2D eigenvalue weighted by molar-refractivity contribution is 7.92. The van der Waals surface area contributed by atoms with Gasteiger partial charge in [-0.05, 0) is 24.3 Å². The van der Waals surface area contributed by atoms with Crippen molar-refractivity contribution in [1.29, 1.82) is 0 Å². The highest BCUT2D eigenvalue weighted by Gasteiger charge is 2.18. The van der Waals surface area contributed by atoms with Crippen molar-refractivity contribution in [2.45, 2.75) is 4.90 Å². The van der Waals surface area contributed by atoms with E-state index in [-0.39, 0.29) is 11.5 Å². The molecule has 0 aliphatic rings. The van der Waals surface area contributed by atoms with Crippen molar-refractivity contribution >= 4 is 21.5 Å². The molecule has 2 rings (SSSR count). The van der Waals surface area contributed by atoms with Crippen molar-refractivity contribution < 1.29 is 18.0 Å². The van der Waals surface area contributed by atoms with Crippen LogP contribution < -0.4 is 10.5 Å². The second kappa shape index (κ2) is 5.80. The van der Waals surface area contributed by atoms with Gasteiger partial charge in [-0.15, -0.1) is 0 Å². The first-order valence-electron chi connectivity index (χ1n) is 5.79. The summed E-state index contributed by atoms with van der Waals surface area (Å²) in [5, 5.41) is 11.4. The molecule has 0 aliphatic carbocycles. The average Bonchev–Trinajstić information content (AvgIpc) is 2.46. The Morgan fingerprint density at radius 2 is 1.90 bits per heavy atom. The topological polar surface area (TPSA) is 105 Å². The van der Waals surface area contributed by atoms with Crippen molar-refractivity contribution in [2.75, 3.05) is 4.72 Å².